The van der Waals surface area contributed by atoms with Crippen molar-refractivity contribution in [1.82, 2.24) is 5.32 Å². The SMILES string of the molecule is C=C(C)/C=C\C(=C)NCCC. The molecule has 0 heterocycles. The van der Waals surface area contributed by atoms with Crippen molar-refractivity contribution in [2.75, 3.05) is 6.54 Å². The Morgan fingerprint density at radius 2 is 2.00 bits per heavy atom. The van der Waals surface area contributed by atoms with Gasteiger partial charge < -0.3 is 5.32 Å². The Morgan fingerprint density at radius 1 is 1.36 bits per heavy atom. The molecule has 1 N–H and O–H groups in total. The highest BCUT2D eigenvalue weighted by molar-refractivity contribution is 5.21. The maximum Gasteiger partial charge on any atom is 0.0267 e. The number of hydrogen-bond acceptors (Lipinski definition) is 1. The Kier molecular flexibility index (Phi) is 5.26. The number of nitrogens with one attached hydrogen (secondary N) is 1. The standard InChI is InChI=1S/C10H17N/c1-5-8-11-10(4)7-6-9(2)3/h6-7,11H,2,4-5,8H2,1,3H3/b7-6-. The van der Waals surface area contributed by atoms with Crippen LogP contribution in [0.15, 0.2) is 36.6 Å². The molecule has 0 radical (unpaired) electrons. The first kappa shape index (κ1) is 10.0. The van der Waals surface area contributed by atoms with Crippen LogP contribution in [0.1, 0.15) is 20.3 Å². The van der Waals surface area contributed by atoms with E-state index in [4.69, 9.17) is 0 Å². The quantitative estimate of drug-likeness (QED) is 0.596. The van der Waals surface area contributed by atoms with Crippen molar-refractivity contribution in [3.63, 3.8) is 0 Å². The van der Waals surface area contributed by atoms with Crippen molar-refractivity contribution < 1.29 is 0 Å². The zero-order chi connectivity index (χ0) is 8.69. The third-order valence-electron chi connectivity index (χ3n) is 1.17. The van der Waals surface area contributed by atoms with Crippen molar-refractivity contribution in [2.24, 2.45) is 0 Å². The number of rotatable bonds is 5. The van der Waals surface area contributed by atoms with E-state index in [0.29, 0.717) is 0 Å². The molecule has 0 aliphatic carbocycles. The summed E-state index contributed by atoms with van der Waals surface area (Å²) < 4.78 is 0. The van der Waals surface area contributed by atoms with Crippen molar-refractivity contribution in [2.45, 2.75) is 20.3 Å². The summed E-state index contributed by atoms with van der Waals surface area (Å²) in [6, 6.07) is 0. The predicted octanol–water partition coefficient (Wildman–Crippen LogP) is 2.63. The van der Waals surface area contributed by atoms with Crippen LogP contribution in [0, 0.1) is 0 Å². The molecular formula is C10H17N. The Balaban J connectivity index is 3.60. The van der Waals surface area contributed by atoms with E-state index in [1.54, 1.807) is 0 Å². The van der Waals surface area contributed by atoms with Crippen LogP contribution in [0.5, 0.6) is 0 Å². The smallest absolute Gasteiger partial charge is 0.0267 e. The molecule has 0 aromatic rings. The molecular weight excluding hydrogens is 134 g/mol. The molecule has 11 heavy (non-hydrogen) atoms. The van der Waals surface area contributed by atoms with E-state index >= 15 is 0 Å². The summed E-state index contributed by atoms with van der Waals surface area (Å²) in [4.78, 5) is 0. The molecule has 0 spiro atoms. The topological polar surface area (TPSA) is 12.0 Å². The summed E-state index contributed by atoms with van der Waals surface area (Å²) in [5.41, 5.74) is 2.00. The number of allylic oxidation sites excluding steroid dienone is 3. The monoisotopic (exact) mass is 151 g/mol. The van der Waals surface area contributed by atoms with Gasteiger partial charge in [0.05, 0.1) is 0 Å². The summed E-state index contributed by atoms with van der Waals surface area (Å²) >= 11 is 0. The van der Waals surface area contributed by atoms with Gasteiger partial charge in [0.1, 0.15) is 0 Å². The lowest BCUT2D eigenvalue weighted by Gasteiger charge is -2.01. The molecule has 0 atom stereocenters. The van der Waals surface area contributed by atoms with E-state index in [9.17, 15) is 0 Å². The van der Waals surface area contributed by atoms with Crippen LogP contribution < -0.4 is 5.32 Å². The fourth-order valence-corrected chi connectivity index (χ4v) is 0.587. The second kappa shape index (κ2) is 5.78. The molecule has 0 aliphatic heterocycles. The van der Waals surface area contributed by atoms with Gasteiger partial charge in [0, 0.05) is 12.2 Å². The zero-order valence-electron chi connectivity index (χ0n) is 7.48. The highest BCUT2D eigenvalue weighted by Gasteiger charge is 1.83. The van der Waals surface area contributed by atoms with Crippen LogP contribution in [0.25, 0.3) is 0 Å². The van der Waals surface area contributed by atoms with Gasteiger partial charge in [-0.2, -0.15) is 0 Å². The zero-order valence-corrected chi connectivity index (χ0v) is 7.48. The normalized spacial score (nSPS) is 10.0. The maximum atomic E-state index is 3.83. The van der Waals surface area contributed by atoms with Crippen LogP contribution in [-0.2, 0) is 0 Å². The van der Waals surface area contributed by atoms with Crippen LogP contribution in [-0.4, -0.2) is 6.54 Å². The van der Waals surface area contributed by atoms with Gasteiger partial charge in [-0.15, -0.1) is 0 Å². The molecule has 62 valence electrons. The molecule has 0 bridgehead atoms. The Morgan fingerprint density at radius 3 is 2.45 bits per heavy atom. The Labute approximate surface area is 69.5 Å². The third kappa shape index (κ3) is 6.91. The lowest BCUT2D eigenvalue weighted by molar-refractivity contribution is 0.787. The van der Waals surface area contributed by atoms with Crippen molar-refractivity contribution >= 4 is 0 Å². The lowest BCUT2D eigenvalue weighted by atomic mass is 10.3. The van der Waals surface area contributed by atoms with Crippen molar-refractivity contribution in [3.8, 4) is 0 Å². The molecule has 1 nitrogen and oxygen atoms in total. The Hall–Kier alpha value is -0.980. The molecule has 0 fully saturated rings. The highest BCUT2D eigenvalue weighted by Crippen LogP contribution is 1.93. The lowest BCUT2D eigenvalue weighted by Crippen LogP contribution is -2.10. The second-order valence-electron chi connectivity index (χ2n) is 2.63. The van der Waals surface area contributed by atoms with Crippen LogP contribution in [0.2, 0.25) is 0 Å². The predicted molar refractivity (Wildman–Crippen MR) is 51.4 cm³/mol. The first-order valence-electron chi connectivity index (χ1n) is 3.93. The summed E-state index contributed by atoms with van der Waals surface area (Å²) in [5.74, 6) is 0. The molecule has 0 aliphatic rings. The van der Waals surface area contributed by atoms with Gasteiger partial charge in [-0.05, 0) is 19.4 Å². The summed E-state index contributed by atoms with van der Waals surface area (Å²) in [6.07, 6.45) is 5.02. The second-order valence-corrected chi connectivity index (χ2v) is 2.63. The van der Waals surface area contributed by atoms with Gasteiger partial charge >= 0.3 is 0 Å². The average molecular weight is 151 g/mol. The van der Waals surface area contributed by atoms with Crippen LogP contribution in [0.3, 0.4) is 0 Å². The first-order chi connectivity index (χ1) is 5.16. The van der Waals surface area contributed by atoms with Gasteiger partial charge in [0.25, 0.3) is 0 Å². The number of hydrogen-bond donors (Lipinski definition) is 1. The van der Waals surface area contributed by atoms with E-state index in [2.05, 4.69) is 25.4 Å². The molecule has 0 unspecified atom stereocenters. The van der Waals surface area contributed by atoms with E-state index in [1.165, 1.54) is 0 Å². The van der Waals surface area contributed by atoms with Crippen LogP contribution in [0.4, 0.5) is 0 Å². The molecule has 1 heteroatoms. The minimum Gasteiger partial charge on any atom is -0.386 e. The van der Waals surface area contributed by atoms with Gasteiger partial charge in [0.15, 0.2) is 0 Å². The van der Waals surface area contributed by atoms with E-state index < -0.39 is 0 Å². The maximum absolute atomic E-state index is 3.83. The minimum absolute atomic E-state index is 0.954. The van der Waals surface area contributed by atoms with Gasteiger partial charge in [0.2, 0.25) is 0 Å². The molecule has 0 amide bonds. The van der Waals surface area contributed by atoms with Crippen molar-refractivity contribution in [1.29, 1.82) is 0 Å². The van der Waals surface area contributed by atoms with Crippen LogP contribution >= 0.6 is 0 Å². The molecule has 0 aromatic carbocycles. The van der Waals surface area contributed by atoms with Crippen molar-refractivity contribution in [3.05, 3.63) is 36.6 Å². The first-order valence-corrected chi connectivity index (χ1v) is 3.93. The highest BCUT2D eigenvalue weighted by atomic mass is 14.9. The van der Waals surface area contributed by atoms with Gasteiger partial charge in [-0.25, -0.2) is 0 Å². The Bertz CT molecular complexity index is 166. The summed E-state index contributed by atoms with van der Waals surface area (Å²) in [6.45, 7) is 12.7. The molecule has 0 aromatic heterocycles. The summed E-state index contributed by atoms with van der Waals surface area (Å²) in [7, 11) is 0. The van der Waals surface area contributed by atoms with Gasteiger partial charge in [-0.1, -0.05) is 31.7 Å². The minimum atomic E-state index is 0.954. The van der Waals surface area contributed by atoms with E-state index in [0.717, 1.165) is 24.2 Å². The summed E-state index contributed by atoms with van der Waals surface area (Å²) in [5, 5.41) is 3.17. The largest absolute Gasteiger partial charge is 0.386 e. The molecule has 0 saturated heterocycles. The molecule has 0 rings (SSSR count). The van der Waals surface area contributed by atoms with Gasteiger partial charge in [-0.3, -0.25) is 0 Å². The fourth-order valence-electron chi connectivity index (χ4n) is 0.587. The average Bonchev–Trinajstić information content (AvgIpc) is 1.97. The van der Waals surface area contributed by atoms with E-state index in [1.807, 2.05) is 19.1 Å². The fraction of sp³-hybridized carbons (Fsp3) is 0.400. The molecule has 0 saturated carbocycles. The van der Waals surface area contributed by atoms with E-state index in [-0.39, 0.29) is 0 Å². The third-order valence-corrected chi connectivity index (χ3v) is 1.17.